The summed E-state index contributed by atoms with van der Waals surface area (Å²) in [5.74, 6) is 0.335. The second kappa shape index (κ2) is 11.7. The highest BCUT2D eigenvalue weighted by molar-refractivity contribution is 5.16. The molecule has 1 unspecified atom stereocenters. The lowest BCUT2D eigenvalue weighted by Gasteiger charge is -2.17. The molecule has 0 amide bonds. The van der Waals surface area contributed by atoms with Crippen molar-refractivity contribution in [3.63, 3.8) is 0 Å². The third kappa shape index (κ3) is 8.81. The van der Waals surface area contributed by atoms with E-state index in [9.17, 15) is 4.39 Å². The van der Waals surface area contributed by atoms with Crippen molar-refractivity contribution in [2.45, 2.75) is 26.2 Å². The molecule has 0 spiro atoms. The van der Waals surface area contributed by atoms with Gasteiger partial charge >= 0.3 is 0 Å². The van der Waals surface area contributed by atoms with E-state index in [1.807, 2.05) is 12.1 Å². The molecule has 21 heavy (non-hydrogen) atoms. The molecule has 0 saturated carbocycles. The molecule has 3 nitrogen and oxygen atoms in total. The van der Waals surface area contributed by atoms with Crippen LogP contribution >= 0.6 is 0 Å². The number of nitrogens with one attached hydrogen (secondary N) is 1. The number of methoxy groups -OCH3 is 1. The Hall–Kier alpha value is -0.970. The number of benzene rings is 1. The van der Waals surface area contributed by atoms with Crippen molar-refractivity contribution in [3.05, 3.63) is 35.6 Å². The monoisotopic (exact) mass is 297 g/mol. The van der Waals surface area contributed by atoms with Crippen LogP contribution in [0.1, 0.15) is 25.3 Å². The summed E-state index contributed by atoms with van der Waals surface area (Å²) in [5, 5.41) is 3.39. The second-order valence-electron chi connectivity index (χ2n) is 5.25. The van der Waals surface area contributed by atoms with Crippen LogP contribution in [0.2, 0.25) is 0 Å². The zero-order valence-electron chi connectivity index (χ0n) is 13.2. The minimum Gasteiger partial charge on any atom is -0.385 e. The van der Waals surface area contributed by atoms with Crippen LogP contribution in [0, 0.1) is 11.7 Å². The number of ether oxygens (including phenoxy) is 2. The Morgan fingerprint density at radius 2 is 1.90 bits per heavy atom. The van der Waals surface area contributed by atoms with E-state index in [0.717, 1.165) is 52.2 Å². The molecule has 0 heterocycles. The average Bonchev–Trinajstić information content (AvgIpc) is 2.50. The molecule has 1 N–H and O–H groups in total. The van der Waals surface area contributed by atoms with Gasteiger partial charge in [0.1, 0.15) is 5.82 Å². The molecule has 1 atom stereocenters. The zero-order chi connectivity index (χ0) is 15.3. The van der Waals surface area contributed by atoms with Crippen LogP contribution in [0.3, 0.4) is 0 Å². The van der Waals surface area contributed by atoms with E-state index in [0.29, 0.717) is 5.92 Å². The van der Waals surface area contributed by atoms with Crippen molar-refractivity contribution in [1.29, 1.82) is 0 Å². The summed E-state index contributed by atoms with van der Waals surface area (Å²) in [4.78, 5) is 0. The maximum atomic E-state index is 12.9. The van der Waals surface area contributed by atoms with Crippen molar-refractivity contribution in [3.8, 4) is 0 Å². The summed E-state index contributed by atoms with van der Waals surface area (Å²) in [7, 11) is 1.70. The van der Waals surface area contributed by atoms with E-state index in [4.69, 9.17) is 9.47 Å². The third-order valence-corrected chi connectivity index (χ3v) is 3.43. The van der Waals surface area contributed by atoms with Gasteiger partial charge in [-0.2, -0.15) is 0 Å². The molecule has 0 radical (unpaired) electrons. The normalized spacial score (nSPS) is 12.5. The quantitative estimate of drug-likeness (QED) is 0.602. The summed E-state index contributed by atoms with van der Waals surface area (Å²) in [5.41, 5.74) is 1.18. The highest BCUT2D eigenvalue weighted by atomic mass is 19.1. The highest BCUT2D eigenvalue weighted by Gasteiger charge is 2.09. The van der Waals surface area contributed by atoms with Crippen LogP contribution in [0.5, 0.6) is 0 Å². The summed E-state index contributed by atoms with van der Waals surface area (Å²) in [6, 6.07) is 6.79. The molecule has 0 aromatic heterocycles. The first-order chi connectivity index (χ1) is 10.3. The van der Waals surface area contributed by atoms with Gasteiger partial charge in [-0.3, -0.25) is 0 Å². The summed E-state index contributed by atoms with van der Waals surface area (Å²) in [6.45, 7) is 6.30. The maximum absolute atomic E-state index is 12.9. The van der Waals surface area contributed by atoms with Crippen LogP contribution in [-0.2, 0) is 15.9 Å². The fraction of sp³-hybridized carbons (Fsp3) is 0.647. The summed E-state index contributed by atoms with van der Waals surface area (Å²) >= 11 is 0. The van der Waals surface area contributed by atoms with Gasteiger partial charge < -0.3 is 14.8 Å². The lowest BCUT2D eigenvalue weighted by atomic mass is 9.96. The van der Waals surface area contributed by atoms with E-state index in [-0.39, 0.29) is 5.82 Å². The van der Waals surface area contributed by atoms with Crippen LogP contribution < -0.4 is 5.32 Å². The van der Waals surface area contributed by atoms with Crippen molar-refractivity contribution >= 4 is 0 Å². The Balaban J connectivity index is 2.31. The molecule has 0 aliphatic rings. The Kier molecular flexibility index (Phi) is 10.0. The number of rotatable bonds is 12. The van der Waals surface area contributed by atoms with Crippen molar-refractivity contribution in [2.75, 3.05) is 40.0 Å². The third-order valence-electron chi connectivity index (χ3n) is 3.43. The molecular weight excluding hydrogens is 269 g/mol. The Bertz CT molecular complexity index is 356. The molecule has 0 bridgehead atoms. The lowest BCUT2D eigenvalue weighted by Crippen LogP contribution is -2.25. The predicted molar refractivity (Wildman–Crippen MR) is 84.1 cm³/mol. The van der Waals surface area contributed by atoms with Gasteiger partial charge in [-0.15, -0.1) is 0 Å². The van der Waals surface area contributed by atoms with Gasteiger partial charge in [-0.1, -0.05) is 19.1 Å². The van der Waals surface area contributed by atoms with Crippen molar-refractivity contribution < 1.29 is 13.9 Å². The molecule has 0 saturated heterocycles. The number of hydrogen-bond donors (Lipinski definition) is 1. The standard InChI is InChI=1S/C17H28FNO2/c1-3-19-14-16(9-12-21-11-4-10-20-2)13-15-5-7-17(18)8-6-15/h5-8,16,19H,3-4,9-14H2,1-2H3. The van der Waals surface area contributed by atoms with E-state index in [1.54, 1.807) is 7.11 Å². The predicted octanol–water partition coefficient (Wildman–Crippen LogP) is 3.04. The molecule has 4 heteroatoms. The molecule has 0 fully saturated rings. The minimum absolute atomic E-state index is 0.177. The topological polar surface area (TPSA) is 30.5 Å². The average molecular weight is 297 g/mol. The van der Waals surface area contributed by atoms with Gasteiger partial charge in [0.2, 0.25) is 0 Å². The number of hydrogen-bond acceptors (Lipinski definition) is 3. The smallest absolute Gasteiger partial charge is 0.123 e. The largest absolute Gasteiger partial charge is 0.385 e. The highest BCUT2D eigenvalue weighted by Crippen LogP contribution is 2.13. The minimum atomic E-state index is -0.177. The molecule has 1 rings (SSSR count). The first-order valence-electron chi connectivity index (χ1n) is 7.78. The SMILES string of the molecule is CCNCC(CCOCCCOC)Cc1ccc(F)cc1. The van der Waals surface area contributed by atoms with Crippen LogP contribution in [-0.4, -0.2) is 40.0 Å². The first kappa shape index (κ1) is 18.1. The van der Waals surface area contributed by atoms with Gasteiger partial charge in [0, 0.05) is 26.9 Å². The van der Waals surface area contributed by atoms with Gasteiger partial charge in [-0.25, -0.2) is 4.39 Å². The van der Waals surface area contributed by atoms with Crippen LogP contribution in [0.25, 0.3) is 0 Å². The Labute approximate surface area is 127 Å². The molecule has 1 aromatic carbocycles. The van der Waals surface area contributed by atoms with E-state index < -0.39 is 0 Å². The van der Waals surface area contributed by atoms with Gasteiger partial charge in [0.15, 0.2) is 0 Å². The van der Waals surface area contributed by atoms with Crippen LogP contribution in [0.15, 0.2) is 24.3 Å². The molecule has 0 aliphatic carbocycles. The van der Waals surface area contributed by atoms with E-state index in [1.165, 1.54) is 17.7 Å². The lowest BCUT2D eigenvalue weighted by molar-refractivity contribution is 0.0935. The van der Waals surface area contributed by atoms with Crippen molar-refractivity contribution in [1.82, 2.24) is 5.32 Å². The molecule has 1 aromatic rings. The molecule has 0 aliphatic heterocycles. The Morgan fingerprint density at radius 1 is 1.14 bits per heavy atom. The van der Waals surface area contributed by atoms with Gasteiger partial charge in [0.05, 0.1) is 0 Å². The maximum Gasteiger partial charge on any atom is 0.123 e. The fourth-order valence-corrected chi connectivity index (χ4v) is 2.24. The first-order valence-corrected chi connectivity index (χ1v) is 7.78. The van der Waals surface area contributed by atoms with Gasteiger partial charge in [-0.05, 0) is 56.0 Å². The van der Waals surface area contributed by atoms with E-state index >= 15 is 0 Å². The molecule has 120 valence electrons. The summed E-state index contributed by atoms with van der Waals surface area (Å²) < 4.78 is 23.6. The Morgan fingerprint density at radius 3 is 2.57 bits per heavy atom. The second-order valence-corrected chi connectivity index (χ2v) is 5.25. The van der Waals surface area contributed by atoms with E-state index in [2.05, 4.69) is 12.2 Å². The molecular formula is C17H28FNO2. The van der Waals surface area contributed by atoms with Crippen LogP contribution in [0.4, 0.5) is 4.39 Å². The number of halogens is 1. The van der Waals surface area contributed by atoms with Gasteiger partial charge in [0.25, 0.3) is 0 Å². The summed E-state index contributed by atoms with van der Waals surface area (Å²) in [6.07, 6.45) is 2.90. The van der Waals surface area contributed by atoms with Crippen molar-refractivity contribution in [2.24, 2.45) is 5.92 Å². The zero-order valence-corrected chi connectivity index (χ0v) is 13.2. The fourth-order valence-electron chi connectivity index (χ4n) is 2.24.